The van der Waals surface area contributed by atoms with Crippen LogP contribution in [-0.2, 0) is 0 Å². The van der Waals surface area contributed by atoms with E-state index in [4.69, 9.17) is 4.42 Å². The second-order valence-electron chi connectivity index (χ2n) is 5.23. The molecule has 0 unspecified atom stereocenters. The van der Waals surface area contributed by atoms with E-state index in [-0.39, 0.29) is 11.5 Å². The van der Waals surface area contributed by atoms with Gasteiger partial charge in [0, 0.05) is 36.0 Å². The largest absolute Gasteiger partial charge is 0.422 e. The third-order valence-electron chi connectivity index (χ3n) is 3.72. The zero-order valence-corrected chi connectivity index (χ0v) is 13.2. The van der Waals surface area contributed by atoms with Crippen LogP contribution in [0, 0.1) is 0 Å². The molecule has 0 aliphatic carbocycles. The Morgan fingerprint density at radius 2 is 1.90 bits per heavy atom. The zero-order valence-electron chi connectivity index (χ0n) is 11.6. The van der Waals surface area contributed by atoms with Crippen molar-refractivity contribution >= 4 is 32.8 Å². The van der Waals surface area contributed by atoms with Crippen molar-refractivity contribution in [2.75, 3.05) is 33.2 Å². The molecular weight excluding hydrogens is 336 g/mol. The van der Waals surface area contributed by atoms with Gasteiger partial charge in [-0.2, -0.15) is 0 Å². The van der Waals surface area contributed by atoms with Gasteiger partial charge in [-0.25, -0.2) is 4.79 Å². The van der Waals surface area contributed by atoms with Crippen LogP contribution in [0.2, 0.25) is 0 Å². The van der Waals surface area contributed by atoms with Gasteiger partial charge in [-0.15, -0.1) is 0 Å². The van der Waals surface area contributed by atoms with Gasteiger partial charge in [-0.1, -0.05) is 15.9 Å². The number of nitrogens with zero attached hydrogens (tertiary/aromatic N) is 2. The second kappa shape index (κ2) is 5.61. The molecule has 0 N–H and O–H groups in total. The predicted molar refractivity (Wildman–Crippen MR) is 83.6 cm³/mol. The highest BCUT2D eigenvalue weighted by Crippen LogP contribution is 2.20. The molecule has 1 aromatic heterocycles. The highest BCUT2D eigenvalue weighted by Gasteiger charge is 2.23. The van der Waals surface area contributed by atoms with Gasteiger partial charge < -0.3 is 14.2 Å². The third-order valence-corrected chi connectivity index (χ3v) is 4.21. The molecule has 1 fully saturated rings. The van der Waals surface area contributed by atoms with Crippen LogP contribution in [0.5, 0.6) is 0 Å². The van der Waals surface area contributed by atoms with Gasteiger partial charge in [0.15, 0.2) is 0 Å². The maximum atomic E-state index is 12.5. The Labute approximate surface area is 130 Å². The summed E-state index contributed by atoms with van der Waals surface area (Å²) < 4.78 is 6.12. The standard InChI is InChI=1S/C15H15BrN2O3/c1-17-4-6-18(7-5-17)14(19)12-9-10-8-11(16)2-3-13(10)21-15(12)20/h2-3,8-9H,4-7H2,1H3. The number of hydrogen-bond donors (Lipinski definition) is 0. The highest BCUT2D eigenvalue weighted by atomic mass is 79.9. The molecule has 0 spiro atoms. The minimum atomic E-state index is -0.575. The Balaban J connectivity index is 1.97. The Hall–Kier alpha value is -1.66. The summed E-state index contributed by atoms with van der Waals surface area (Å²) >= 11 is 3.38. The quantitative estimate of drug-likeness (QED) is 0.737. The number of hydrogen-bond acceptors (Lipinski definition) is 4. The lowest BCUT2D eigenvalue weighted by atomic mass is 10.1. The van der Waals surface area contributed by atoms with Gasteiger partial charge in [0.25, 0.3) is 5.91 Å². The van der Waals surface area contributed by atoms with Crippen molar-refractivity contribution in [2.45, 2.75) is 0 Å². The third kappa shape index (κ3) is 2.87. The van der Waals surface area contributed by atoms with Crippen LogP contribution < -0.4 is 5.63 Å². The van der Waals surface area contributed by atoms with E-state index >= 15 is 0 Å². The number of piperazine rings is 1. The molecule has 0 bridgehead atoms. The van der Waals surface area contributed by atoms with Crippen LogP contribution in [0.1, 0.15) is 10.4 Å². The van der Waals surface area contributed by atoms with Crippen molar-refractivity contribution in [3.05, 3.63) is 44.7 Å². The fourth-order valence-electron chi connectivity index (χ4n) is 2.42. The molecule has 2 aromatic rings. The van der Waals surface area contributed by atoms with Crippen molar-refractivity contribution in [1.82, 2.24) is 9.80 Å². The molecule has 0 atom stereocenters. The Kier molecular flexibility index (Phi) is 3.82. The molecule has 6 heteroatoms. The number of fused-ring (bicyclic) bond motifs is 1. The van der Waals surface area contributed by atoms with Crippen molar-refractivity contribution in [2.24, 2.45) is 0 Å². The average molecular weight is 351 g/mol. The second-order valence-corrected chi connectivity index (χ2v) is 6.14. The molecule has 1 aromatic carbocycles. The number of halogens is 1. The molecule has 0 saturated carbocycles. The number of carbonyl (C=O) groups is 1. The van der Waals surface area contributed by atoms with E-state index in [1.807, 2.05) is 13.1 Å². The molecular formula is C15H15BrN2O3. The fraction of sp³-hybridized carbons (Fsp3) is 0.333. The number of amides is 1. The molecule has 1 aliphatic rings. The lowest BCUT2D eigenvalue weighted by Gasteiger charge is -2.32. The molecule has 1 amide bonds. The van der Waals surface area contributed by atoms with Crippen LogP contribution in [-0.4, -0.2) is 48.9 Å². The van der Waals surface area contributed by atoms with Gasteiger partial charge in [0.2, 0.25) is 0 Å². The molecule has 1 saturated heterocycles. The van der Waals surface area contributed by atoms with Crippen molar-refractivity contribution in [3.63, 3.8) is 0 Å². The van der Waals surface area contributed by atoms with E-state index in [1.54, 1.807) is 23.1 Å². The summed E-state index contributed by atoms with van der Waals surface area (Å²) in [5.74, 6) is -0.251. The van der Waals surface area contributed by atoms with Crippen molar-refractivity contribution < 1.29 is 9.21 Å². The molecule has 5 nitrogen and oxygen atoms in total. The van der Waals surface area contributed by atoms with Crippen molar-refractivity contribution in [1.29, 1.82) is 0 Å². The zero-order chi connectivity index (χ0) is 15.0. The van der Waals surface area contributed by atoms with Crippen LogP contribution in [0.15, 0.2) is 37.9 Å². The number of benzene rings is 1. The summed E-state index contributed by atoms with van der Waals surface area (Å²) in [5, 5.41) is 0.737. The highest BCUT2D eigenvalue weighted by molar-refractivity contribution is 9.10. The number of carbonyl (C=O) groups excluding carboxylic acids is 1. The smallest absolute Gasteiger partial charge is 0.349 e. The first kappa shape index (κ1) is 14.3. The number of rotatable bonds is 1. The molecule has 110 valence electrons. The predicted octanol–water partition coefficient (Wildman–Crippen LogP) is 1.94. The summed E-state index contributed by atoms with van der Waals surface area (Å²) in [5.41, 5.74) is 0.0111. The lowest BCUT2D eigenvalue weighted by Crippen LogP contribution is -2.48. The molecule has 21 heavy (non-hydrogen) atoms. The number of likely N-dealkylation sites (N-methyl/N-ethyl adjacent to an activating group) is 1. The maximum Gasteiger partial charge on any atom is 0.349 e. The summed E-state index contributed by atoms with van der Waals surface area (Å²) in [6, 6.07) is 6.96. The SMILES string of the molecule is CN1CCN(C(=O)c2cc3cc(Br)ccc3oc2=O)CC1. The summed E-state index contributed by atoms with van der Waals surface area (Å²) in [6.45, 7) is 2.89. The van der Waals surface area contributed by atoms with E-state index in [9.17, 15) is 9.59 Å². The molecule has 0 radical (unpaired) electrons. The lowest BCUT2D eigenvalue weighted by molar-refractivity contribution is 0.0660. The first-order chi connectivity index (χ1) is 10.0. The topological polar surface area (TPSA) is 53.8 Å². The summed E-state index contributed by atoms with van der Waals surface area (Å²) in [6.07, 6.45) is 0. The van der Waals surface area contributed by atoms with Crippen LogP contribution in [0.4, 0.5) is 0 Å². The van der Waals surface area contributed by atoms with Gasteiger partial charge >= 0.3 is 5.63 Å². The minimum absolute atomic E-state index is 0.102. The van der Waals surface area contributed by atoms with Gasteiger partial charge in [-0.3, -0.25) is 4.79 Å². The van der Waals surface area contributed by atoms with E-state index in [0.29, 0.717) is 18.7 Å². The first-order valence-electron chi connectivity index (χ1n) is 6.76. The Bertz CT molecular complexity index is 748. The summed E-state index contributed by atoms with van der Waals surface area (Å²) in [4.78, 5) is 28.4. The van der Waals surface area contributed by atoms with E-state index < -0.39 is 5.63 Å². The van der Waals surface area contributed by atoms with Crippen LogP contribution in [0.3, 0.4) is 0 Å². The monoisotopic (exact) mass is 350 g/mol. The normalized spacial score (nSPS) is 16.4. The van der Waals surface area contributed by atoms with E-state index in [2.05, 4.69) is 20.8 Å². The molecule has 3 rings (SSSR count). The fourth-order valence-corrected chi connectivity index (χ4v) is 2.80. The minimum Gasteiger partial charge on any atom is -0.422 e. The van der Waals surface area contributed by atoms with Crippen LogP contribution in [0.25, 0.3) is 11.0 Å². The van der Waals surface area contributed by atoms with Crippen molar-refractivity contribution in [3.8, 4) is 0 Å². The average Bonchev–Trinajstić information content (AvgIpc) is 2.47. The molecule has 1 aliphatic heterocycles. The van der Waals surface area contributed by atoms with Crippen LogP contribution >= 0.6 is 15.9 Å². The maximum absolute atomic E-state index is 12.5. The van der Waals surface area contributed by atoms with E-state index in [1.165, 1.54) is 0 Å². The van der Waals surface area contributed by atoms with E-state index in [0.717, 1.165) is 22.9 Å². The van der Waals surface area contributed by atoms with Gasteiger partial charge in [0.1, 0.15) is 11.1 Å². The first-order valence-corrected chi connectivity index (χ1v) is 7.55. The summed E-state index contributed by atoms with van der Waals surface area (Å²) in [7, 11) is 2.02. The Morgan fingerprint density at radius 1 is 1.19 bits per heavy atom. The van der Waals surface area contributed by atoms with Gasteiger partial charge in [0.05, 0.1) is 0 Å². The molecule has 2 heterocycles. The van der Waals surface area contributed by atoms with Gasteiger partial charge in [-0.05, 0) is 31.3 Å². The Morgan fingerprint density at radius 3 is 2.62 bits per heavy atom.